The second kappa shape index (κ2) is 15.7. The monoisotopic (exact) mass is 784 g/mol. The van der Waals surface area contributed by atoms with Gasteiger partial charge in [0, 0.05) is 90.3 Å². The molecule has 8 nitrogen and oxygen atoms in total. The van der Waals surface area contributed by atoms with Crippen LogP contribution in [0.1, 0.15) is 33.4 Å². The van der Waals surface area contributed by atoms with E-state index in [4.69, 9.17) is 8.37 Å². The van der Waals surface area contributed by atoms with Gasteiger partial charge in [0.25, 0.3) is 0 Å². The third-order valence-corrected chi connectivity index (χ3v) is 12.6. The minimum Gasteiger partial charge on any atom is -0.378 e. The molecule has 56 heavy (non-hydrogen) atoms. The standard InChI is InChI=1S/2C23H24N2O2S/c2*1-24(2)19-12-10-18(11-13-19)23(17-8-6-5-7-9-17)21-15-14-20(25(3)4)16-22(21)28(26)27-23/h2*5-16H,1-4H3. The molecular weight excluding hydrogens is 737 g/mol. The molecule has 2 aliphatic heterocycles. The minimum atomic E-state index is -1.55. The first-order valence-corrected chi connectivity index (χ1v) is 20.5. The topological polar surface area (TPSA) is 65.6 Å². The van der Waals surface area contributed by atoms with Crippen molar-refractivity contribution < 1.29 is 16.8 Å². The SMILES string of the molecule is CN(C)c1ccc(C2(c3ccccc3)OS(=O)c3cc(N(C)C)ccc32)cc1.CN(C)c1ccc(C2(c3ccccc3)OS(=O)c3cc(N(C)C)ccc32)cc1. The lowest BCUT2D eigenvalue weighted by molar-refractivity contribution is 0.192. The molecular formula is C46H48N4O4S2. The second-order valence-electron chi connectivity index (χ2n) is 14.8. The van der Waals surface area contributed by atoms with Gasteiger partial charge in [0.1, 0.15) is 0 Å². The highest BCUT2D eigenvalue weighted by Crippen LogP contribution is 2.51. The Morgan fingerprint density at radius 1 is 0.375 bits per heavy atom. The lowest BCUT2D eigenvalue weighted by atomic mass is 9.80. The zero-order chi connectivity index (χ0) is 39.8. The third-order valence-electron chi connectivity index (χ3n) is 10.4. The molecule has 288 valence electrons. The van der Waals surface area contributed by atoms with Gasteiger partial charge in [0.05, 0.1) is 9.79 Å². The third kappa shape index (κ3) is 6.92. The van der Waals surface area contributed by atoms with E-state index in [2.05, 4.69) is 70.5 Å². The van der Waals surface area contributed by atoms with Crippen molar-refractivity contribution in [3.05, 3.63) is 179 Å². The molecule has 4 unspecified atom stereocenters. The van der Waals surface area contributed by atoms with Gasteiger partial charge in [0.15, 0.2) is 33.4 Å². The summed E-state index contributed by atoms with van der Waals surface area (Å²) in [6.45, 7) is 0. The van der Waals surface area contributed by atoms with Crippen molar-refractivity contribution in [2.45, 2.75) is 21.0 Å². The van der Waals surface area contributed by atoms with Gasteiger partial charge >= 0.3 is 0 Å². The molecule has 0 radical (unpaired) electrons. The van der Waals surface area contributed by atoms with Crippen molar-refractivity contribution >= 4 is 44.9 Å². The summed E-state index contributed by atoms with van der Waals surface area (Å²) in [4.78, 5) is 9.59. The fourth-order valence-electron chi connectivity index (χ4n) is 7.32. The van der Waals surface area contributed by atoms with Crippen molar-refractivity contribution in [1.82, 2.24) is 0 Å². The van der Waals surface area contributed by atoms with E-state index in [1.165, 1.54) is 0 Å². The maximum absolute atomic E-state index is 13.0. The molecule has 4 atom stereocenters. The maximum atomic E-state index is 13.0. The van der Waals surface area contributed by atoms with Crippen LogP contribution < -0.4 is 19.6 Å². The first-order chi connectivity index (χ1) is 26.9. The average molecular weight is 785 g/mol. The molecule has 0 saturated carbocycles. The molecule has 0 bridgehead atoms. The van der Waals surface area contributed by atoms with E-state index in [0.29, 0.717) is 0 Å². The fourth-order valence-corrected chi connectivity index (χ4v) is 9.74. The Labute approximate surface area is 336 Å². The van der Waals surface area contributed by atoms with Crippen LogP contribution in [0.25, 0.3) is 0 Å². The Morgan fingerprint density at radius 2 is 0.661 bits per heavy atom. The molecule has 0 N–H and O–H groups in total. The number of hydrogen-bond donors (Lipinski definition) is 0. The van der Waals surface area contributed by atoms with Crippen LogP contribution in [0.2, 0.25) is 0 Å². The second-order valence-corrected chi connectivity index (χ2v) is 16.9. The highest BCUT2D eigenvalue weighted by molar-refractivity contribution is 7.80. The smallest absolute Gasteiger partial charge is 0.191 e. The molecule has 8 rings (SSSR count). The van der Waals surface area contributed by atoms with Crippen LogP contribution in [0, 0.1) is 0 Å². The summed E-state index contributed by atoms with van der Waals surface area (Å²) in [5, 5.41) is 0. The zero-order valence-electron chi connectivity index (χ0n) is 33.1. The summed E-state index contributed by atoms with van der Waals surface area (Å²) in [5.41, 5.74) is 8.17. The summed E-state index contributed by atoms with van der Waals surface area (Å²) in [6, 6.07) is 48.7. The number of benzene rings is 6. The van der Waals surface area contributed by atoms with Crippen LogP contribution in [-0.2, 0) is 41.7 Å². The van der Waals surface area contributed by atoms with Crippen LogP contribution in [-0.4, -0.2) is 64.8 Å². The van der Waals surface area contributed by atoms with E-state index in [-0.39, 0.29) is 0 Å². The summed E-state index contributed by atoms with van der Waals surface area (Å²) >= 11 is -3.09. The van der Waals surface area contributed by atoms with E-state index >= 15 is 0 Å². The Kier molecular flexibility index (Phi) is 10.9. The van der Waals surface area contributed by atoms with Crippen molar-refractivity contribution in [1.29, 1.82) is 0 Å². The summed E-state index contributed by atoms with van der Waals surface area (Å²) < 4.78 is 38.6. The first kappa shape index (κ1) is 39.0. The Balaban J connectivity index is 0.000000172. The maximum Gasteiger partial charge on any atom is 0.191 e. The molecule has 2 aliphatic rings. The van der Waals surface area contributed by atoms with Crippen LogP contribution in [0.5, 0.6) is 0 Å². The van der Waals surface area contributed by atoms with Crippen molar-refractivity contribution in [2.75, 3.05) is 76.0 Å². The van der Waals surface area contributed by atoms with E-state index in [1.54, 1.807) is 0 Å². The van der Waals surface area contributed by atoms with Gasteiger partial charge in [-0.1, -0.05) is 97.1 Å². The lowest BCUT2D eigenvalue weighted by Gasteiger charge is -2.30. The molecule has 0 aliphatic carbocycles. The zero-order valence-corrected chi connectivity index (χ0v) is 34.7. The summed E-state index contributed by atoms with van der Waals surface area (Å²) in [7, 11) is 16.0. The number of nitrogens with zero attached hydrogens (tertiary/aromatic N) is 4. The predicted molar refractivity (Wildman–Crippen MR) is 231 cm³/mol. The van der Waals surface area contributed by atoms with E-state index in [1.807, 2.05) is 151 Å². The molecule has 0 saturated heterocycles. The van der Waals surface area contributed by atoms with Crippen molar-refractivity contribution in [3.63, 3.8) is 0 Å². The van der Waals surface area contributed by atoms with E-state index in [0.717, 1.165) is 65.9 Å². The first-order valence-electron chi connectivity index (χ1n) is 18.4. The molecule has 6 aromatic carbocycles. The van der Waals surface area contributed by atoms with E-state index in [9.17, 15) is 8.42 Å². The van der Waals surface area contributed by atoms with Gasteiger partial charge in [-0.25, -0.2) is 8.42 Å². The Morgan fingerprint density at radius 3 is 0.964 bits per heavy atom. The number of fused-ring (bicyclic) bond motifs is 2. The molecule has 10 heteroatoms. The number of rotatable bonds is 8. The van der Waals surface area contributed by atoms with Gasteiger partial charge in [-0.15, -0.1) is 0 Å². The van der Waals surface area contributed by atoms with Gasteiger partial charge in [-0.05, 0) is 70.8 Å². The quantitative estimate of drug-likeness (QED) is 0.153. The normalized spacial score (nSPS) is 20.6. The van der Waals surface area contributed by atoms with Crippen molar-refractivity contribution in [2.24, 2.45) is 0 Å². The van der Waals surface area contributed by atoms with E-state index < -0.39 is 33.4 Å². The highest BCUT2D eigenvalue weighted by Gasteiger charge is 2.49. The average Bonchev–Trinajstić information content (AvgIpc) is 3.69. The molecule has 6 aromatic rings. The molecule has 0 fully saturated rings. The highest BCUT2D eigenvalue weighted by atomic mass is 32.2. The van der Waals surface area contributed by atoms with Gasteiger partial charge in [-0.2, -0.15) is 0 Å². The lowest BCUT2D eigenvalue weighted by Crippen LogP contribution is -2.29. The predicted octanol–water partition coefficient (Wildman–Crippen LogP) is 8.33. The van der Waals surface area contributed by atoms with Gasteiger partial charge < -0.3 is 19.6 Å². The fraction of sp³-hybridized carbons (Fsp3) is 0.217. The molecule has 0 spiro atoms. The minimum absolute atomic E-state index is 0.728. The van der Waals surface area contributed by atoms with Crippen LogP contribution in [0.3, 0.4) is 0 Å². The van der Waals surface area contributed by atoms with Crippen molar-refractivity contribution in [3.8, 4) is 0 Å². The van der Waals surface area contributed by atoms with Gasteiger partial charge in [0.2, 0.25) is 0 Å². The number of hydrogen-bond acceptors (Lipinski definition) is 8. The summed E-state index contributed by atoms with van der Waals surface area (Å²) in [6.07, 6.45) is 0. The molecule has 0 aromatic heterocycles. The Bertz CT molecular complexity index is 2200. The largest absolute Gasteiger partial charge is 0.378 e. The van der Waals surface area contributed by atoms with Crippen LogP contribution >= 0.6 is 0 Å². The Hall–Kier alpha value is -5.26. The number of anilines is 4. The molecule has 0 amide bonds. The van der Waals surface area contributed by atoms with Gasteiger partial charge in [-0.3, -0.25) is 8.37 Å². The molecule has 2 heterocycles. The summed E-state index contributed by atoms with van der Waals surface area (Å²) in [5.74, 6) is 0. The van der Waals surface area contributed by atoms with Crippen LogP contribution in [0.4, 0.5) is 22.7 Å². The van der Waals surface area contributed by atoms with Crippen LogP contribution in [0.15, 0.2) is 155 Å².